The van der Waals surface area contributed by atoms with Crippen LogP contribution >= 0.6 is 11.3 Å². The van der Waals surface area contributed by atoms with Crippen LogP contribution in [0.15, 0.2) is 23.3 Å². The van der Waals surface area contributed by atoms with Crippen LogP contribution in [0.3, 0.4) is 0 Å². The first-order chi connectivity index (χ1) is 9.31. The minimum absolute atomic E-state index is 0.486. The molecule has 2 rings (SSSR count). The van der Waals surface area contributed by atoms with E-state index in [0.29, 0.717) is 12.6 Å². The molecule has 0 spiro atoms. The fraction of sp³-hybridized carbons (Fsp3) is 0.571. The van der Waals surface area contributed by atoms with Crippen LogP contribution in [0.4, 0.5) is 0 Å². The van der Waals surface area contributed by atoms with Gasteiger partial charge in [0.15, 0.2) is 5.96 Å². The molecule has 0 bridgehead atoms. The lowest BCUT2D eigenvalue weighted by Gasteiger charge is -2.16. The number of hydrogen-bond donors (Lipinski definition) is 2. The van der Waals surface area contributed by atoms with Gasteiger partial charge in [-0.1, -0.05) is 19.1 Å². The Hall–Kier alpha value is -1.36. The van der Waals surface area contributed by atoms with Gasteiger partial charge in [-0.05, 0) is 26.2 Å². The molecule has 1 aliphatic rings. The third kappa shape index (κ3) is 4.35. The maximum Gasteiger partial charge on any atom is 0.191 e. The first kappa shape index (κ1) is 14.1. The molecule has 19 heavy (non-hydrogen) atoms. The van der Waals surface area contributed by atoms with Crippen molar-refractivity contribution in [3.8, 4) is 0 Å². The van der Waals surface area contributed by atoms with Crippen molar-refractivity contribution in [1.29, 1.82) is 0 Å². The lowest BCUT2D eigenvalue weighted by molar-refractivity contribution is 0.633. The van der Waals surface area contributed by atoms with E-state index in [0.717, 1.165) is 36.8 Å². The van der Waals surface area contributed by atoms with Crippen molar-refractivity contribution in [2.24, 2.45) is 4.99 Å². The smallest absolute Gasteiger partial charge is 0.191 e. The number of nitrogens with zero attached hydrogens (tertiary/aromatic N) is 2. The summed E-state index contributed by atoms with van der Waals surface area (Å²) in [5.74, 6) is 0.893. The van der Waals surface area contributed by atoms with Crippen LogP contribution in [-0.4, -0.2) is 23.5 Å². The molecule has 1 heterocycles. The number of aliphatic imine (C=N–C) groups is 1. The lowest BCUT2D eigenvalue weighted by Crippen LogP contribution is -2.42. The number of thiazole rings is 1. The summed E-state index contributed by atoms with van der Waals surface area (Å²) in [5, 5.41) is 7.83. The summed E-state index contributed by atoms with van der Waals surface area (Å²) >= 11 is 1.75. The largest absolute Gasteiger partial charge is 0.357 e. The monoisotopic (exact) mass is 278 g/mol. The maximum atomic E-state index is 4.61. The third-order valence-electron chi connectivity index (χ3n) is 3.02. The van der Waals surface area contributed by atoms with Crippen molar-refractivity contribution < 1.29 is 0 Å². The highest BCUT2D eigenvalue weighted by Gasteiger charge is 2.11. The van der Waals surface area contributed by atoms with Crippen LogP contribution in [-0.2, 0) is 13.0 Å². The molecule has 1 aromatic rings. The van der Waals surface area contributed by atoms with Gasteiger partial charge in [0.05, 0.1) is 6.54 Å². The molecular weight excluding hydrogens is 256 g/mol. The highest BCUT2D eigenvalue weighted by molar-refractivity contribution is 7.11. The fourth-order valence-corrected chi connectivity index (χ4v) is 2.77. The zero-order valence-corrected chi connectivity index (χ0v) is 12.5. The lowest BCUT2D eigenvalue weighted by atomic mass is 10.2. The molecule has 5 heteroatoms. The summed E-state index contributed by atoms with van der Waals surface area (Å²) < 4.78 is 0. The van der Waals surface area contributed by atoms with Gasteiger partial charge in [-0.15, -0.1) is 11.3 Å². The summed E-state index contributed by atoms with van der Waals surface area (Å²) in [6.07, 6.45) is 9.61. The molecule has 0 saturated heterocycles. The predicted molar refractivity (Wildman–Crippen MR) is 81.6 cm³/mol. The van der Waals surface area contributed by atoms with E-state index in [9.17, 15) is 0 Å². The Balaban J connectivity index is 1.91. The Labute approximate surface area is 119 Å². The van der Waals surface area contributed by atoms with Crippen molar-refractivity contribution in [1.82, 2.24) is 15.6 Å². The number of guanidine groups is 1. The van der Waals surface area contributed by atoms with Gasteiger partial charge in [0.2, 0.25) is 0 Å². The summed E-state index contributed by atoms with van der Waals surface area (Å²) in [5.41, 5.74) is 0. The van der Waals surface area contributed by atoms with Crippen LogP contribution < -0.4 is 10.6 Å². The normalized spacial score (nSPS) is 16.0. The zero-order valence-electron chi connectivity index (χ0n) is 11.6. The van der Waals surface area contributed by atoms with Gasteiger partial charge in [-0.2, -0.15) is 0 Å². The van der Waals surface area contributed by atoms with Gasteiger partial charge >= 0.3 is 0 Å². The molecule has 0 unspecified atom stereocenters. The first-order valence-electron chi connectivity index (χ1n) is 6.95. The highest BCUT2D eigenvalue weighted by Crippen LogP contribution is 2.14. The Morgan fingerprint density at radius 2 is 2.21 bits per heavy atom. The number of hydrogen-bond acceptors (Lipinski definition) is 3. The van der Waals surface area contributed by atoms with E-state index in [-0.39, 0.29) is 0 Å². The zero-order chi connectivity index (χ0) is 13.5. The number of aryl methyl sites for hydroxylation is 1. The average molecular weight is 278 g/mol. The second-order valence-corrected chi connectivity index (χ2v) is 5.75. The quantitative estimate of drug-likeness (QED) is 0.494. The summed E-state index contributed by atoms with van der Waals surface area (Å²) in [4.78, 5) is 10.3. The Kier molecular flexibility index (Phi) is 5.39. The van der Waals surface area contributed by atoms with E-state index in [1.165, 1.54) is 4.88 Å². The summed E-state index contributed by atoms with van der Waals surface area (Å²) in [7, 11) is 0. The third-order valence-corrected chi connectivity index (χ3v) is 4.14. The molecule has 1 aromatic heterocycles. The Morgan fingerprint density at radius 1 is 1.42 bits per heavy atom. The van der Waals surface area contributed by atoms with Crippen molar-refractivity contribution in [2.75, 3.05) is 6.54 Å². The molecule has 0 aromatic carbocycles. The van der Waals surface area contributed by atoms with Crippen LogP contribution in [0.25, 0.3) is 0 Å². The molecular formula is C14H22N4S. The minimum atomic E-state index is 0.486. The van der Waals surface area contributed by atoms with E-state index in [1.54, 1.807) is 11.3 Å². The van der Waals surface area contributed by atoms with Crippen molar-refractivity contribution in [2.45, 2.75) is 45.7 Å². The van der Waals surface area contributed by atoms with E-state index < -0.39 is 0 Å². The van der Waals surface area contributed by atoms with E-state index in [4.69, 9.17) is 0 Å². The first-order valence-corrected chi connectivity index (χ1v) is 7.76. The molecule has 2 N–H and O–H groups in total. The van der Waals surface area contributed by atoms with E-state index in [1.807, 2.05) is 6.20 Å². The van der Waals surface area contributed by atoms with Gasteiger partial charge in [0.1, 0.15) is 5.01 Å². The van der Waals surface area contributed by atoms with Gasteiger partial charge in [-0.3, -0.25) is 0 Å². The maximum absolute atomic E-state index is 4.61. The molecule has 4 nitrogen and oxygen atoms in total. The second-order valence-electron chi connectivity index (χ2n) is 4.55. The van der Waals surface area contributed by atoms with Crippen molar-refractivity contribution >= 4 is 17.3 Å². The molecule has 0 saturated carbocycles. The van der Waals surface area contributed by atoms with E-state index >= 15 is 0 Å². The molecule has 1 aliphatic carbocycles. The average Bonchev–Trinajstić information content (AvgIpc) is 3.07. The van der Waals surface area contributed by atoms with Gasteiger partial charge in [0, 0.05) is 23.7 Å². The molecule has 104 valence electrons. The molecule has 0 aliphatic heterocycles. The molecule has 0 amide bonds. The standard InChI is InChI=1S/C14H22N4S/c1-3-12-9-16-13(19-12)10-17-14(15-4-2)18-11-7-5-6-8-11/h5-6,9,11H,3-4,7-8,10H2,1-2H3,(H2,15,17,18). The molecule has 0 fully saturated rings. The Morgan fingerprint density at radius 3 is 2.84 bits per heavy atom. The SMILES string of the molecule is CCNC(=NCc1ncc(CC)s1)NC1CC=CC1. The number of rotatable bonds is 5. The fourth-order valence-electron chi connectivity index (χ4n) is 1.98. The minimum Gasteiger partial charge on any atom is -0.357 e. The van der Waals surface area contributed by atoms with Crippen LogP contribution in [0, 0.1) is 0 Å². The van der Waals surface area contributed by atoms with Crippen LogP contribution in [0.5, 0.6) is 0 Å². The van der Waals surface area contributed by atoms with Gasteiger partial charge in [-0.25, -0.2) is 9.98 Å². The summed E-state index contributed by atoms with van der Waals surface area (Å²) in [6.45, 7) is 5.77. The summed E-state index contributed by atoms with van der Waals surface area (Å²) in [6, 6.07) is 0.486. The molecule has 0 atom stereocenters. The van der Waals surface area contributed by atoms with Crippen molar-refractivity contribution in [3.63, 3.8) is 0 Å². The highest BCUT2D eigenvalue weighted by atomic mass is 32.1. The van der Waals surface area contributed by atoms with Crippen LogP contribution in [0.1, 0.15) is 36.6 Å². The van der Waals surface area contributed by atoms with E-state index in [2.05, 4.69) is 46.6 Å². The van der Waals surface area contributed by atoms with Gasteiger partial charge in [0.25, 0.3) is 0 Å². The topological polar surface area (TPSA) is 49.3 Å². The van der Waals surface area contributed by atoms with Crippen molar-refractivity contribution in [3.05, 3.63) is 28.2 Å². The number of aromatic nitrogens is 1. The second kappa shape index (κ2) is 7.28. The molecule has 0 radical (unpaired) electrons. The van der Waals surface area contributed by atoms with Gasteiger partial charge < -0.3 is 10.6 Å². The number of nitrogens with one attached hydrogen (secondary N) is 2. The Bertz CT molecular complexity index is 442. The van der Waals surface area contributed by atoms with Crippen LogP contribution in [0.2, 0.25) is 0 Å². The predicted octanol–water partition coefficient (Wildman–Crippen LogP) is 2.48.